The quantitative estimate of drug-likeness (QED) is 0.555. The van der Waals surface area contributed by atoms with Gasteiger partial charge in [-0.25, -0.2) is 8.42 Å². The maximum absolute atomic E-state index is 13.1. The normalized spacial score (nSPS) is 18.5. The van der Waals surface area contributed by atoms with Crippen molar-refractivity contribution in [3.05, 3.63) is 29.3 Å². The zero-order chi connectivity index (χ0) is 24.9. The zero-order valence-electron chi connectivity index (χ0n) is 21.1. The number of amides is 2. The van der Waals surface area contributed by atoms with Gasteiger partial charge in [-0.1, -0.05) is 26.0 Å². The summed E-state index contributed by atoms with van der Waals surface area (Å²) < 4.78 is 27.6. The fourth-order valence-corrected chi connectivity index (χ4v) is 6.23. The Kier molecular flexibility index (Phi) is 9.12. The average Bonchev–Trinajstić information content (AvgIpc) is 2.82. The Morgan fingerprint density at radius 1 is 0.853 bits per heavy atom. The van der Waals surface area contributed by atoms with E-state index in [1.807, 2.05) is 24.0 Å². The van der Waals surface area contributed by atoms with E-state index in [4.69, 9.17) is 0 Å². The molecule has 9 heteroatoms. The van der Waals surface area contributed by atoms with E-state index >= 15 is 0 Å². The molecule has 0 spiro atoms. The number of sulfonamides is 1. The summed E-state index contributed by atoms with van der Waals surface area (Å²) in [6.07, 6.45) is 1.56. The molecule has 2 aliphatic heterocycles. The van der Waals surface area contributed by atoms with Crippen molar-refractivity contribution >= 4 is 21.8 Å². The molecule has 190 valence electrons. The highest BCUT2D eigenvalue weighted by atomic mass is 32.2. The lowest BCUT2D eigenvalue weighted by molar-refractivity contribution is -0.138. The van der Waals surface area contributed by atoms with Gasteiger partial charge < -0.3 is 9.80 Å². The molecule has 0 bridgehead atoms. The third-order valence-electron chi connectivity index (χ3n) is 6.85. The predicted molar refractivity (Wildman–Crippen MR) is 133 cm³/mol. The van der Waals surface area contributed by atoms with Crippen molar-refractivity contribution in [3.8, 4) is 0 Å². The topological polar surface area (TPSA) is 81.2 Å². The summed E-state index contributed by atoms with van der Waals surface area (Å²) >= 11 is 0. The predicted octanol–water partition coefficient (Wildman–Crippen LogP) is 2.11. The smallest absolute Gasteiger partial charge is 0.243 e. The van der Waals surface area contributed by atoms with Gasteiger partial charge in [0.05, 0.1) is 4.90 Å². The number of carbonyl (C=O) groups excluding carboxylic acids is 2. The number of piperazine rings is 2. The molecule has 0 N–H and O–H groups in total. The second kappa shape index (κ2) is 11.6. The van der Waals surface area contributed by atoms with Gasteiger partial charge in [0.2, 0.25) is 21.8 Å². The lowest BCUT2D eigenvalue weighted by atomic mass is 10.1. The fraction of sp³-hybridized carbons (Fsp3) is 0.680. The van der Waals surface area contributed by atoms with E-state index in [2.05, 4.69) is 18.7 Å². The lowest BCUT2D eigenvalue weighted by Crippen LogP contribution is -2.51. The van der Waals surface area contributed by atoms with Gasteiger partial charge in [-0.05, 0) is 49.9 Å². The standard InChI is InChI=1S/C25H40N4O4S/c1-20(2)9-10-26-11-13-27(14-12-26)24(30)7-8-25(31)28-15-17-29(18-16-28)34(32,33)23-19-21(3)5-6-22(23)4/h5-6,19-20H,7-18H2,1-4H3. The number of rotatable bonds is 8. The van der Waals surface area contributed by atoms with Crippen LogP contribution in [-0.2, 0) is 19.6 Å². The first-order valence-electron chi connectivity index (χ1n) is 12.4. The van der Waals surface area contributed by atoms with Gasteiger partial charge in [0, 0.05) is 65.2 Å². The van der Waals surface area contributed by atoms with Gasteiger partial charge in [0.1, 0.15) is 0 Å². The van der Waals surface area contributed by atoms with Crippen LogP contribution in [0.15, 0.2) is 23.1 Å². The van der Waals surface area contributed by atoms with Gasteiger partial charge in [0.25, 0.3) is 0 Å². The molecule has 2 saturated heterocycles. The van der Waals surface area contributed by atoms with Crippen molar-refractivity contribution in [1.29, 1.82) is 0 Å². The summed E-state index contributed by atoms with van der Waals surface area (Å²) in [6.45, 7) is 13.7. The van der Waals surface area contributed by atoms with E-state index in [9.17, 15) is 18.0 Å². The van der Waals surface area contributed by atoms with Crippen molar-refractivity contribution in [1.82, 2.24) is 19.0 Å². The second-order valence-electron chi connectivity index (χ2n) is 9.96. The van der Waals surface area contributed by atoms with Crippen molar-refractivity contribution in [2.24, 2.45) is 5.92 Å². The molecule has 0 aromatic heterocycles. The number of aryl methyl sites for hydroxylation is 2. The van der Waals surface area contributed by atoms with E-state index < -0.39 is 10.0 Å². The van der Waals surface area contributed by atoms with Crippen LogP contribution in [0.5, 0.6) is 0 Å². The van der Waals surface area contributed by atoms with Crippen LogP contribution in [-0.4, -0.2) is 98.1 Å². The highest BCUT2D eigenvalue weighted by Crippen LogP contribution is 2.22. The molecule has 2 amide bonds. The van der Waals surface area contributed by atoms with Crippen molar-refractivity contribution in [2.45, 2.75) is 51.9 Å². The summed E-state index contributed by atoms with van der Waals surface area (Å²) in [5.41, 5.74) is 1.63. The summed E-state index contributed by atoms with van der Waals surface area (Å²) in [6, 6.07) is 5.43. The Hall–Kier alpha value is -1.97. The molecule has 1 aromatic carbocycles. The van der Waals surface area contributed by atoms with Crippen LogP contribution in [0.4, 0.5) is 0 Å². The Labute approximate surface area is 204 Å². The van der Waals surface area contributed by atoms with E-state index in [-0.39, 0.29) is 37.7 Å². The monoisotopic (exact) mass is 492 g/mol. The molecular formula is C25H40N4O4S. The molecule has 0 saturated carbocycles. The molecule has 34 heavy (non-hydrogen) atoms. The molecule has 0 unspecified atom stereocenters. The fourth-order valence-electron chi connectivity index (χ4n) is 4.49. The van der Waals surface area contributed by atoms with E-state index in [1.165, 1.54) is 10.7 Å². The lowest BCUT2D eigenvalue weighted by Gasteiger charge is -2.36. The molecule has 0 atom stereocenters. The number of hydrogen-bond acceptors (Lipinski definition) is 5. The third kappa shape index (κ3) is 6.79. The van der Waals surface area contributed by atoms with E-state index in [0.29, 0.717) is 23.9 Å². The van der Waals surface area contributed by atoms with Gasteiger partial charge in [0.15, 0.2) is 0 Å². The Bertz CT molecular complexity index is 963. The minimum Gasteiger partial charge on any atom is -0.340 e. The number of hydrogen-bond donors (Lipinski definition) is 0. The van der Waals surface area contributed by atoms with Crippen LogP contribution < -0.4 is 0 Å². The summed E-state index contributed by atoms with van der Waals surface area (Å²) in [5, 5.41) is 0. The largest absolute Gasteiger partial charge is 0.340 e. The summed E-state index contributed by atoms with van der Waals surface area (Å²) in [5.74, 6) is 0.639. The SMILES string of the molecule is Cc1ccc(C)c(S(=O)(=O)N2CCN(C(=O)CCC(=O)N3CCN(CCC(C)C)CC3)CC2)c1. The summed E-state index contributed by atoms with van der Waals surface area (Å²) in [4.78, 5) is 31.6. The molecular weight excluding hydrogens is 452 g/mol. The number of nitrogens with zero attached hydrogens (tertiary/aromatic N) is 4. The molecule has 2 aliphatic rings. The first-order chi connectivity index (χ1) is 16.1. The first kappa shape index (κ1) is 26.6. The molecule has 8 nitrogen and oxygen atoms in total. The Balaban J connectivity index is 1.43. The number of carbonyl (C=O) groups is 2. The molecule has 3 rings (SSSR count). The highest BCUT2D eigenvalue weighted by molar-refractivity contribution is 7.89. The second-order valence-corrected chi connectivity index (χ2v) is 11.9. The van der Waals surface area contributed by atoms with Crippen LogP contribution in [0.3, 0.4) is 0 Å². The van der Waals surface area contributed by atoms with E-state index in [1.54, 1.807) is 17.9 Å². The average molecular weight is 493 g/mol. The van der Waals surface area contributed by atoms with Crippen molar-refractivity contribution < 1.29 is 18.0 Å². The Morgan fingerprint density at radius 3 is 1.91 bits per heavy atom. The molecule has 1 aromatic rings. The van der Waals surface area contributed by atoms with Gasteiger partial charge in [-0.15, -0.1) is 0 Å². The molecule has 0 radical (unpaired) electrons. The molecule has 2 heterocycles. The van der Waals surface area contributed by atoms with Crippen molar-refractivity contribution in [2.75, 3.05) is 58.9 Å². The highest BCUT2D eigenvalue weighted by Gasteiger charge is 2.31. The molecule has 0 aliphatic carbocycles. The van der Waals surface area contributed by atoms with E-state index in [0.717, 1.165) is 43.9 Å². The van der Waals surface area contributed by atoms with Gasteiger partial charge in [-0.3, -0.25) is 14.5 Å². The zero-order valence-corrected chi connectivity index (χ0v) is 21.9. The van der Waals surface area contributed by atoms with Crippen molar-refractivity contribution in [3.63, 3.8) is 0 Å². The van der Waals surface area contributed by atoms with Crippen LogP contribution in [0, 0.1) is 19.8 Å². The Morgan fingerprint density at radius 2 is 1.38 bits per heavy atom. The maximum atomic E-state index is 13.1. The van der Waals surface area contributed by atoms with Crippen LogP contribution >= 0.6 is 0 Å². The summed E-state index contributed by atoms with van der Waals surface area (Å²) in [7, 11) is -3.59. The van der Waals surface area contributed by atoms with Gasteiger partial charge in [-0.2, -0.15) is 4.31 Å². The minimum atomic E-state index is -3.59. The number of benzene rings is 1. The van der Waals surface area contributed by atoms with Gasteiger partial charge >= 0.3 is 0 Å². The third-order valence-corrected chi connectivity index (χ3v) is 8.89. The minimum absolute atomic E-state index is 0.0352. The molecule has 2 fully saturated rings. The van der Waals surface area contributed by atoms with Crippen LogP contribution in [0.2, 0.25) is 0 Å². The van der Waals surface area contributed by atoms with Crippen LogP contribution in [0.1, 0.15) is 44.2 Å². The van der Waals surface area contributed by atoms with Crippen LogP contribution in [0.25, 0.3) is 0 Å². The maximum Gasteiger partial charge on any atom is 0.243 e. The first-order valence-corrected chi connectivity index (χ1v) is 13.9.